The molecule has 2 aromatic rings. The van der Waals surface area contributed by atoms with Crippen molar-refractivity contribution in [2.45, 2.75) is 13.3 Å². The number of rotatable bonds is 3. The number of aryl methyl sites for hydroxylation is 1. The number of nitrogens with one attached hydrogen (secondary N) is 1. The lowest BCUT2D eigenvalue weighted by atomic mass is 10.2. The molecule has 2 heterocycles. The highest BCUT2D eigenvalue weighted by atomic mass is 32.1. The monoisotopic (exact) mass is 219 g/mol. The molecule has 1 N–H and O–H groups in total. The zero-order valence-electron chi connectivity index (χ0n) is 8.82. The van der Waals surface area contributed by atoms with Crippen LogP contribution >= 0.6 is 11.3 Å². The zero-order chi connectivity index (χ0) is 10.7. The summed E-state index contributed by atoms with van der Waals surface area (Å²) < 4.78 is 0. The quantitative estimate of drug-likeness (QED) is 0.861. The minimum absolute atomic E-state index is 0.810. The first-order valence-corrected chi connectivity index (χ1v) is 5.65. The van der Waals surface area contributed by atoms with Crippen molar-refractivity contribution in [3.05, 3.63) is 40.7 Å². The van der Waals surface area contributed by atoms with E-state index in [-0.39, 0.29) is 0 Å². The Bertz CT molecular complexity index is 436. The summed E-state index contributed by atoms with van der Waals surface area (Å²) in [7, 11) is 1.89. The zero-order valence-corrected chi connectivity index (χ0v) is 9.64. The van der Waals surface area contributed by atoms with Crippen molar-refractivity contribution in [1.82, 2.24) is 9.97 Å². The predicted octanol–water partition coefficient (Wildman–Crippen LogP) is 2.48. The Balaban J connectivity index is 2.21. The summed E-state index contributed by atoms with van der Waals surface area (Å²) in [6, 6.07) is 5.96. The first-order chi connectivity index (χ1) is 7.29. The van der Waals surface area contributed by atoms with E-state index in [0.29, 0.717) is 0 Å². The van der Waals surface area contributed by atoms with E-state index in [9.17, 15) is 0 Å². The third-order valence-corrected chi connectivity index (χ3v) is 3.21. The summed E-state index contributed by atoms with van der Waals surface area (Å²) in [5.74, 6) is 0. The fraction of sp³-hybridized carbons (Fsp3) is 0.273. The first-order valence-electron chi connectivity index (χ1n) is 4.83. The van der Waals surface area contributed by atoms with E-state index in [1.54, 1.807) is 11.3 Å². The third kappa shape index (κ3) is 2.33. The summed E-state index contributed by atoms with van der Waals surface area (Å²) >= 11 is 1.68. The van der Waals surface area contributed by atoms with Gasteiger partial charge in [0.25, 0.3) is 0 Å². The van der Waals surface area contributed by atoms with E-state index in [1.807, 2.05) is 31.4 Å². The highest BCUT2D eigenvalue weighted by molar-refractivity contribution is 7.15. The van der Waals surface area contributed by atoms with E-state index in [4.69, 9.17) is 0 Å². The van der Waals surface area contributed by atoms with Crippen molar-refractivity contribution in [3.8, 4) is 0 Å². The van der Waals surface area contributed by atoms with Crippen LogP contribution in [0.5, 0.6) is 0 Å². The second-order valence-corrected chi connectivity index (χ2v) is 4.47. The van der Waals surface area contributed by atoms with Gasteiger partial charge >= 0.3 is 0 Å². The van der Waals surface area contributed by atoms with E-state index >= 15 is 0 Å². The number of anilines is 1. The van der Waals surface area contributed by atoms with Crippen molar-refractivity contribution in [2.75, 3.05) is 12.4 Å². The molecule has 0 aromatic carbocycles. The number of pyridine rings is 1. The van der Waals surface area contributed by atoms with E-state index in [2.05, 4.69) is 22.2 Å². The van der Waals surface area contributed by atoms with Crippen molar-refractivity contribution in [2.24, 2.45) is 0 Å². The van der Waals surface area contributed by atoms with Crippen LogP contribution in [0.4, 0.5) is 5.13 Å². The highest BCUT2D eigenvalue weighted by Gasteiger charge is 2.07. The van der Waals surface area contributed by atoms with Gasteiger partial charge in [0.15, 0.2) is 5.13 Å². The molecule has 0 fully saturated rings. The van der Waals surface area contributed by atoms with Gasteiger partial charge in [0.1, 0.15) is 0 Å². The molecular weight excluding hydrogens is 206 g/mol. The number of hydrogen-bond acceptors (Lipinski definition) is 4. The Kier molecular flexibility index (Phi) is 2.97. The summed E-state index contributed by atoms with van der Waals surface area (Å²) in [4.78, 5) is 10.0. The lowest BCUT2D eigenvalue weighted by Crippen LogP contribution is -1.94. The Labute approximate surface area is 93.2 Å². The molecule has 0 saturated heterocycles. The van der Waals surface area contributed by atoms with Crippen molar-refractivity contribution < 1.29 is 0 Å². The SMILES string of the molecule is CNc1nc(Cc2ccccn2)c(C)s1. The van der Waals surface area contributed by atoms with Crippen molar-refractivity contribution >= 4 is 16.5 Å². The van der Waals surface area contributed by atoms with Gasteiger partial charge in [0, 0.05) is 30.2 Å². The lowest BCUT2D eigenvalue weighted by Gasteiger charge is -1.97. The predicted molar refractivity (Wildman–Crippen MR) is 63.4 cm³/mol. The van der Waals surface area contributed by atoms with Crippen LogP contribution in [0.3, 0.4) is 0 Å². The minimum atomic E-state index is 0.810. The second kappa shape index (κ2) is 4.40. The normalized spacial score (nSPS) is 10.3. The molecule has 2 rings (SSSR count). The van der Waals surface area contributed by atoms with Crippen LogP contribution in [0.2, 0.25) is 0 Å². The molecule has 0 radical (unpaired) electrons. The summed E-state index contributed by atoms with van der Waals surface area (Å²) in [6.45, 7) is 2.09. The van der Waals surface area contributed by atoms with E-state index < -0.39 is 0 Å². The maximum absolute atomic E-state index is 4.49. The molecular formula is C11H13N3S. The molecule has 0 amide bonds. The van der Waals surface area contributed by atoms with Crippen LogP contribution < -0.4 is 5.32 Å². The number of thiazole rings is 1. The van der Waals surface area contributed by atoms with Gasteiger partial charge in [0.05, 0.1) is 5.69 Å². The first kappa shape index (κ1) is 10.1. The van der Waals surface area contributed by atoms with Gasteiger partial charge < -0.3 is 5.32 Å². The van der Waals surface area contributed by atoms with Gasteiger partial charge in [-0.3, -0.25) is 4.98 Å². The van der Waals surface area contributed by atoms with Gasteiger partial charge in [-0.05, 0) is 19.1 Å². The maximum atomic E-state index is 4.49. The Morgan fingerprint density at radius 3 is 2.87 bits per heavy atom. The third-order valence-electron chi connectivity index (χ3n) is 2.18. The Morgan fingerprint density at radius 1 is 1.40 bits per heavy atom. The molecule has 15 heavy (non-hydrogen) atoms. The number of aromatic nitrogens is 2. The smallest absolute Gasteiger partial charge is 0.182 e. The Hall–Kier alpha value is -1.42. The topological polar surface area (TPSA) is 37.8 Å². The molecule has 3 nitrogen and oxygen atoms in total. The second-order valence-electron chi connectivity index (χ2n) is 3.27. The fourth-order valence-electron chi connectivity index (χ4n) is 1.37. The van der Waals surface area contributed by atoms with Crippen LogP contribution in [0.15, 0.2) is 24.4 Å². The average molecular weight is 219 g/mol. The van der Waals surface area contributed by atoms with E-state index in [1.165, 1.54) is 4.88 Å². The number of hydrogen-bond donors (Lipinski definition) is 1. The molecule has 0 aliphatic heterocycles. The Morgan fingerprint density at radius 2 is 2.27 bits per heavy atom. The standard InChI is InChI=1S/C11H13N3S/c1-8-10(14-11(12-2)15-8)7-9-5-3-4-6-13-9/h3-6H,7H2,1-2H3,(H,12,14). The molecule has 0 spiro atoms. The van der Waals surface area contributed by atoms with Crippen LogP contribution in [-0.2, 0) is 6.42 Å². The van der Waals surface area contributed by atoms with Crippen molar-refractivity contribution in [1.29, 1.82) is 0 Å². The number of nitrogens with zero attached hydrogens (tertiary/aromatic N) is 2. The molecule has 0 saturated carbocycles. The van der Waals surface area contributed by atoms with Crippen molar-refractivity contribution in [3.63, 3.8) is 0 Å². The molecule has 0 atom stereocenters. The molecule has 4 heteroatoms. The average Bonchev–Trinajstić information content (AvgIpc) is 2.61. The molecule has 2 aromatic heterocycles. The van der Waals surface area contributed by atoms with Crippen LogP contribution in [0.1, 0.15) is 16.3 Å². The van der Waals surface area contributed by atoms with Crippen LogP contribution in [-0.4, -0.2) is 17.0 Å². The highest BCUT2D eigenvalue weighted by Crippen LogP contribution is 2.22. The largest absolute Gasteiger partial charge is 0.365 e. The fourth-order valence-corrected chi connectivity index (χ4v) is 2.16. The summed E-state index contributed by atoms with van der Waals surface area (Å²) in [5, 5.41) is 4.03. The van der Waals surface area contributed by atoms with Gasteiger partial charge in [-0.15, -0.1) is 11.3 Å². The molecule has 0 bridgehead atoms. The van der Waals surface area contributed by atoms with Gasteiger partial charge in [-0.2, -0.15) is 0 Å². The summed E-state index contributed by atoms with van der Waals surface area (Å²) in [5.41, 5.74) is 2.18. The molecule has 0 unspecified atom stereocenters. The van der Waals surface area contributed by atoms with Crippen LogP contribution in [0, 0.1) is 6.92 Å². The molecule has 0 aliphatic rings. The molecule has 0 aliphatic carbocycles. The van der Waals surface area contributed by atoms with Gasteiger partial charge in [-0.1, -0.05) is 6.07 Å². The van der Waals surface area contributed by atoms with Gasteiger partial charge in [0.2, 0.25) is 0 Å². The summed E-state index contributed by atoms with van der Waals surface area (Å²) in [6.07, 6.45) is 2.63. The van der Waals surface area contributed by atoms with E-state index in [0.717, 1.165) is 22.9 Å². The lowest BCUT2D eigenvalue weighted by molar-refractivity contribution is 1.02. The maximum Gasteiger partial charge on any atom is 0.182 e. The minimum Gasteiger partial charge on any atom is -0.365 e. The van der Waals surface area contributed by atoms with Gasteiger partial charge in [-0.25, -0.2) is 4.98 Å². The van der Waals surface area contributed by atoms with Crippen LogP contribution in [0.25, 0.3) is 0 Å². The molecule has 78 valence electrons.